The van der Waals surface area contributed by atoms with E-state index in [1.54, 1.807) is 19.2 Å². The lowest BCUT2D eigenvalue weighted by atomic mass is 10.1. The summed E-state index contributed by atoms with van der Waals surface area (Å²) >= 11 is 0. The highest BCUT2D eigenvalue weighted by molar-refractivity contribution is 5.78. The molecule has 24 heavy (non-hydrogen) atoms. The Labute approximate surface area is 141 Å². The van der Waals surface area contributed by atoms with Gasteiger partial charge in [0.25, 0.3) is 0 Å². The second-order valence-corrected chi connectivity index (χ2v) is 5.83. The molecule has 2 aromatic carbocycles. The number of para-hydroxylation sites is 1. The normalized spacial score (nSPS) is 13.8. The average molecular weight is 324 g/mol. The molecule has 0 spiro atoms. The van der Waals surface area contributed by atoms with Crippen LogP contribution in [-0.2, 0) is 4.74 Å². The van der Waals surface area contributed by atoms with Crippen LogP contribution in [0.1, 0.15) is 30.3 Å². The zero-order chi connectivity index (χ0) is 16.9. The SMILES string of the molecule is CO[C@@H](CN[C@H](C)c1ccc2ccccc2n1)c1ccc(F)cc1. The zero-order valence-electron chi connectivity index (χ0n) is 13.9. The van der Waals surface area contributed by atoms with Crippen molar-refractivity contribution >= 4 is 10.9 Å². The van der Waals surface area contributed by atoms with Gasteiger partial charge in [-0.15, -0.1) is 0 Å². The lowest BCUT2D eigenvalue weighted by Gasteiger charge is -2.20. The molecule has 0 amide bonds. The quantitative estimate of drug-likeness (QED) is 0.729. The van der Waals surface area contributed by atoms with Crippen molar-refractivity contribution in [2.45, 2.75) is 19.1 Å². The largest absolute Gasteiger partial charge is 0.375 e. The summed E-state index contributed by atoms with van der Waals surface area (Å²) in [6.45, 7) is 2.70. The van der Waals surface area contributed by atoms with Crippen molar-refractivity contribution in [2.24, 2.45) is 0 Å². The molecule has 0 aliphatic carbocycles. The number of aromatic nitrogens is 1. The summed E-state index contributed by atoms with van der Waals surface area (Å²) in [5, 5.41) is 4.58. The molecule has 1 heterocycles. The standard InChI is InChI=1S/C20H21FN2O/c1-14(18-12-9-15-5-3-4-6-19(15)23-18)22-13-20(24-2)16-7-10-17(21)11-8-16/h3-12,14,20,22H,13H2,1-2H3/t14-,20+/m1/s1. The molecule has 0 bridgehead atoms. The first-order valence-electron chi connectivity index (χ1n) is 8.04. The first kappa shape index (κ1) is 16.6. The Bertz CT molecular complexity index is 804. The van der Waals surface area contributed by atoms with Crippen LogP contribution < -0.4 is 5.32 Å². The Morgan fingerprint density at radius 2 is 1.79 bits per heavy atom. The monoisotopic (exact) mass is 324 g/mol. The summed E-state index contributed by atoms with van der Waals surface area (Å²) < 4.78 is 18.6. The van der Waals surface area contributed by atoms with Gasteiger partial charge in [0, 0.05) is 25.1 Å². The van der Waals surface area contributed by atoms with Crippen molar-refractivity contribution in [1.82, 2.24) is 10.3 Å². The summed E-state index contributed by atoms with van der Waals surface area (Å²) in [6.07, 6.45) is -0.131. The molecule has 0 saturated carbocycles. The van der Waals surface area contributed by atoms with Gasteiger partial charge < -0.3 is 10.1 Å². The Kier molecular flexibility index (Phi) is 5.18. The van der Waals surface area contributed by atoms with E-state index in [-0.39, 0.29) is 18.0 Å². The van der Waals surface area contributed by atoms with E-state index in [1.165, 1.54) is 12.1 Å². The number of hydrogen-bond acceptors (Lipinski definition) is 3. The lowest BCUT2D eigenvalue weighted by molar-refractivity contribution is 0.0997. The van der Waals surface area contributed by atoms with Crippen LogP contribution in [0.2, 0.25) is 0 Å². The highest BCUT2D eigenvalue weighted by atomic mass is 19.1. The Morgan fingerprint density at radius 1 is 1.04 bits per heavy atom. The number of nitrogens with zero attached hydrogens (tertiary/aromatic N) is 1. The lowest BCUT2D eigenvalue weighted by Crippen LogP contribution is -2.26. The van der Waals surface area contributed by atoms with Gasteiger partial charge in [0.05, 0.1) is 17.3 Å². The van der Waals surface area contributed by atoms with Crippen LogP contribution in [0, 0.1) is 5.82 Å². The third-order valence-electron chi connectivity index (χ3n) is 4.20. The number of benzene rings is 2. The fourth-order valence-electron chi connectivity index (χ4n) is 2.73. The van der Waals surface area contributed by atoms with Crippen LogP contribution >= 0.6 is 0 Å². The highest BCUT2D eigenvalue weighted by Crippen LogP contribution is 2.19. The average Bonchev–Trinajstić information content (AvgIpc) is 2.63. The van der Waals surface area contributed by atoms with E-state index in [1.807, 2.05) is 24.3 Å². The highest BCUT2D eigenvalue weighted by Gasteiger charge is 2.14. The predicted octanol–water partition coefficient (Wildman–Crippen LogP) is 4.41. The van der Waals surface area contributed by atoms with Crippen LogP contribution in [0.15, 0.2) is 60.7 Å². The molecule has 3 rings (SSSR count). The topological polar surface area (TPSA) is 34.1 Å². The molecule has 0 fully saturated rings. The second kappa shape index (κ2) is 7.51. The number of rotatable bonds is 6. The number of methoxy groups -OCH3 is 1. The van der Waals surface area contributed by atoms with Crippen molar-refractivity contribution in [1.29, 1.82) is 0 Å². The molecule has 4 heteroatoms. The molecule has 1 aromatic heterocycles. The Hall–Kier alpha value is -2.30. The third kappa shape index (κ3) is 3.78. The number of hydrogen-bond donors (Lipinski definition) is 1. The fourth-order valence-corrected chi connectivity index (χ4v) is 2.73. The number of fused-ring (bicyclic) bond motifs is 1. The molecule has 0 radical (unpaired) electrons. The van der Waals surface area contributed by atoms with Crippen molar-refractivity contribution < 1.29 is 9.13 Å². The van der Waals surface area contributed by atoms with Crippen molar-refractivity contribution in [3.63, 3.8) is 0 Å². The minimum Gasteiger partial charge on any atom is -0.375 e. The maximum Gasteiger partial charge on any atom is 0.123 e. The Balaban J connectivity index is 1.68. The summed E-state index contributed by atoms with van der Waals surface area (Å²) in [5.41, 5.74) is 2.93. The van der Waals surface area contributed by atoms with Crippen LogP contribution in [0.5, 0.6) is 0 Å². The number of halogens is 1. The second-order valence-electron chi connectivity index (χ2n) is 5.83. The minimum absolute atomic E-state index is 0.0905. The maximum atomic E-state index is 13.1. The van der Waals surface area contributed by atoms with E-state index in [2.05, 4.69) is 24.4 Å². The first-order valence-corrected chi connectivity index (χ1v) is 8.04. The van der Waals surface area contributed by atoms with Crippen LogP contribution in [0.4, 0.5) is 4.39 Å². The summed E-state index contributed by atoms with van der Waals surface area (Å²) in [6, 6.07) is 18.7. The molecule has 1 N–H and O–H groups in total. The molecular formula is C20H21FN2O. The predicted molar refractivity (Wildman–Crippen MR) is 94.3 cm³/mol. The van der Waals surface area contributed by atoms with Crippen LogP contribution in [-0.4, -0.2) is 18.6 Å². The van der Waals surface area contributed by atoms with Crippen LogP contribution in [0.3, 0.4) is 0 Å². The fraction of sp³-hybridized carbons (Fsp3) is 0.250. The third-order valence-corrected chi connectivity index (χ3v) is 4.20. The van der Waals surface area contributed by atoms with Gasteiger partial charge in [0.15, 0.2) is 0 Å². The summed E-state index contributed by atoms with van der Waals surface area (Å²) in [7, 11) is 1.66. The molecule has 3 aromatic rings. The van der Waals surface area contributed by atoms with Gasteiger partial charge in [-0.05, 0) is 36.8 Å². The molecule has 0 unspecified atom stereocenters. The number of ether oxygens (including phenoxy) is 1. The molecule has 124 valence electrons. The molecule has 0 aliphatic heterocycles. The van der Waals surface area contributed by atoms with E-state index >= 15 is 0 Å². The van der Waals surface area contributed by atoms with Crippen LogP contribution in [0.25, 0.3) is 10.9 Å². The first-order chi connectivity index (χ1) is 11.7. The minimum atomic E-state index is -0.240. The van der Waals surface area contributed by atoms with Crippen molar-refractivity contribution in [3.05, 3.63) is 77.7 Å². The smallest absolute Gasteiger partial charge is 0.123 e. The summed E-state index contributed by atoms with van der Waals surface area (Å²) in [4.78, 5) is 4.71. The maximum absolute atomic E-state index is 13.1. The molecule has 2 atom stereocenters. The van der Waals surface area contributed by atoms with Gasteiger partial charge in [-0.25, -0.2) is 4.39 Å². The van der Waals surface area contributed by atoms with Crippen molar-refractivity contribution in [2.75, 3.05) is 13.7 Å². The zero-order valence-corrected chi connectivity index (χ0v) is 13.9. The van der Waals surface area contributed by atoms with Gasteiger partial charge >= 0.3 is 0 Å². The summed E-state index contributed by atoms with van der Waals surface area (Å²) in [5.74, 6) is -0.240. The van der Waals surface area contributed by atoms with E-state index < -0.39 is 0 Å². The molecule has 3 nitrogen and oxygen atoms in total. The van der Waals surface area contributed by atoms with Gasteiger partial charge in [-0.1, -0.05) is 36.4 Å². The van der Waals surface area contributed by atoms with Gasteiger partial charge in [-0.3, -0.25) is 4.98 Å². The van der Waals surface area contributed by atoms with E-state index in [0.717, 1.165) is 22.2 Å². The van der Waals surface area contributed by atoms with E-state index in [0.29, 0.717) is 6.54 Å². The van der Waals surface area contributed by atoms with Gasteiger partial charge in [0.2, 0.25) is 0 Å². The Morgan fingerprint density at radius 3 is 2.54 bits per heavy atom. The van der Waals surface area contributed by atoms with Crippen molar-refractivity contribution in [3.8, 4) is 0 Å². The van der Waals surface area contributed by atoms with E-state index in [4.69, 9.17) is 9.72 Å². The molecular weight excluding hydrogens is 303 g/mol. The number of pyridine rings is 1. The number of nitrogens with one attached hydrogen (secondary N) is 1. The molecule has 0 aliphatic rings. The van der Waals surface area contributed by atoms with E-state index in [9.17, 15) is 4.39 Å². The molecule has 0 saturated heterocycles. The van der Waals surface area contributed by atoms with Gasteiger partial charge in [0.1, 0.15) is 5.82 Å². The van der Waals surface area contributed by atoms with Gasteiger partial charge in [-0.2, -0.15) is 0 Å².